The van der Waals surface area contributed by atoms with Gasteiger partial charge in [-0.15, -0.1) is 0 Å². The number of hydrogen-bond acceptors (Lipinski definition) is 2. The molecule has 0 spiro atoms. The summed E-state index contributed by atoms with van der Waals surface area (Å²) < 4.78 is 0. The first-order chi connectivity index (χ1) is 9.11. The number of rotatable bonds is 1. The molecule has 2 heteroatoms. The molecule has 0 bridgehead atoms. The number of aryl methyl sites for hydroxylation is 1. The van der Waals surface area contributed by atoms with Crippen LogP contribution in [0.1, 0.15) is 50.2 Å². The van der Waals surface area contributed by atoms with Crippen molar-refractivity contribution in [1.29, 1.82) is 5.26 Å². The highest BCUT2D eigenvalue weighted by molar-refractivity contribution is 5.45. The Morgan fingerprint density at radius 2 is 2.11 bits per heavy atom. The highest BCUT2D eigenvalue weighted by atomic mass is 16.3. The van der Waals surface area contributed by atoms with Crippen LogP contribution in [0.15, 0.2) is 24.3 Å². The van der Waals surface area contributed by atoms with E-state index in [1.807, 2.05) is 12.1 Å². The quantitative estimate of drug-likeness (QED) is 0.836. The normalized spacial score (nSPS) is 37.6. The minimum absolute atomic E-state index is 0.518. The van der Waals surface area contributed by atoms with Crippen LogP contribution in [0.25, 0.3) is 0 Å². The van der Waals surface area contributed by atoms with E-state index in [9.17, 15) is 10.4 Å². The van der Waals surface area contributed by atoms with Crippen molar-refractivity contribution in [2.24, 2.45) is 5.92 Å². The third-order valence-corrected chi connectivity index (χ3v) is 5.20. The molecule has 19 heavy (non-hydrogen) atoms. The number of nitrogens with zero attached hydrogens (tertiary/aromatic N) is 1. The predicted molar refractivity (Wildman–Crippen MR) is 74.6 cm³/mol. The Labute approximate surface area is 115 Å². The average molecular weight is 255 g/mol. The fourth-order valence-corrected chi connectivity index (χ4v) is 4.19. The lowest BCUT2D eigenvalue weighted by Gasteiger charge is -2.44. The summed E-state index contributed by atoms with van der Waals surface area (Å²) >= 11 is 0. The van der Waals surface area contributed by atoms with Crippen LogP contribution >= 0.6 is 0 Å². The van der Waals surface area contributed by atoms with Gasteiger partial charge in [-0.2, -0.15) is 5.26 Å². The Balaban J connectivity index is 2.14. The van der Waals surface area contributed by atoms with Crippen molar-refractivity contribution in [3.63, 3.8) is 0 Å². The molecule has 1 N–H and O–H groups in total. The predicted octanol–water partition coefficient (Wildman–Crippen LogP) is 3.34. The minimum Gasteiger partial charge on any atom is -0.388 e. The first-order valence-corrected chi connectivity index (χ1v) is 7.33. The molecular formula is C17H21NO. The second-order valence-corrected chi connectivity index (χ2v) is 6.41. The minimum atomic E-state index is -0.836. The van der Waals surface area contributed by atoms with Gasteiger partial charge in [-0.05, 0) is 55.6 Å². The van der Waals surface area contributed by atoms with Gasteiger partial charge < -0.3 is 5.11 Å². The Kier molecular flexibility index (Phi) is 2.91. The molecular weight excluding hydrogens is 234 g/mol. The molecule has 100 valence electrons. The van der Waals surface area contributed by atoms with Crippen LogP contribution in [0, 0.1) is 17.2 Å². The van der Waals surface area contributed by atoms with Crippen molar-refractivity contribution in [2.45, 2.75) is 56.5 Å². The summed E-state index contributed by atoms with van der Waals surface area (Å²) in [4.78, 5) is 0. The van der Waals surface area contributed by atoms with Crippen molar-refractivity contribution in [2.75, 3.05) is 0 Å². The molecule has 0 aromatic heterocycles. The number of fused-ring (bicyclic) bond motifs is 1. The summed E-state index contributed by atoms with van der Waals surface area (Å²) in [5, 5.41) is 21.1. The van der Waals surface area contributed by atoms with E-state index in [0.717, 1.165) is 44.1 Å². The summed E-state index contributed by atoms with van der Waals surface area (Å²) in [5.41, 5.74) is 0.813. The van der Waals surface area contributed by atoms with Gasteiger partial charge in [-0.25, -0.2) is 0 Å². The molecule has 3 unspecified atom stereocenters. The van der Waals surface area contributed by atoms with Gasteiger partial charge in [0.2, 0.25) is 0 Å². The van der Waals surface area contributed by atoms with Gasteiger partial charge in [0.1, 0.15) is 5.41 Å². The fourth-order valence-electron chi connectivity index (χ4n) is 4.19. The lowest BCUT2D eigenvalue weighted by atomic mass is 9.60. The molecule has 1 saturated carbocycles. The average Bonchev–Trinajstić information content (AvgIpc) is 2.79. The SMILES string of the molecule is CC1CCC(O)(C2(C#N)CCCc3ccccc32)C1. The van der Waals surface area contributed by atoms with Crippen LogP contribution in [0.5, 0.6) is 0 Å². The summed E-state index contributed by atoms with van der Waals surface area (Å²) in [7, 11) is 0. The summed E-state index contributed by atoms with van der Waals surface area (Å²) in [6.07, 6.45) is 5.38. The van der Waals surface area contributed by atoms with Gasteiger partial charge in [0.15, 0.2) is 0 Å². The Hall–Kier alpha value is -1.33. The second-order valence-electron chi connectivity index (χ2n) is 6.41. The van der Waals surface area contributed by atoms with Crippen molar-refractivity contribution in [1.82, 2.24) is 0 Å². The zero-order valence-corrected chi connectivity index (χ0v) is 11.5. The van der Waals surface area contributed by atoms with E-state index in [-0.39, 0.29) is 0 Å². The van der Waals surface area contributed by atoms with E-state index in [4.69, 9.17) is 0 Å². The molecule has 1 aromatic rings. The largest absolute Gasteiger partial charge is 0.388 e. The number of benzene rings is 1. The Bertz CT molecular complexity index is 532. The smallest absolute Gasteiger partial charge is 0.111 e. The highest BCUT2D eigenvalue weighted by Crippen LogP contribution is 2.52. The van der Waals surface area contributed by atoms with Crippen molar-refractivity contribution < 1.29 is 5.11 Å². The molecule has 0 heterocycles. The van der Waals surface area contributed by atoms with E-state index in [1.54, 1.807) is 0 Å². The molecule has 0 saturated heterocycles. The molecule has 0 amide bonds. The van der Waals surface area contributed by atoms with Crippen LogP contribution < -0.4 is 0 Å². The molecule has 2 nitrogen and oxygen atoms in total. The lowest BCUT2D eigenvalue weighted by molar-refractivity contribution is -0.0206. The molecule has 1 aromatic carbocycles. The van der Waals surface area contributed by atoms with E-state index in [1.165, 1.54) is 5.56 Å². The lowest BCUT2D eigenvalue weighted by Crippen LogP contribution is -2.51. The molecule has 3 atom stereocenters. The molecule has 0 aliphatic heterocycles. The maximum absolute atomic E-state index is 11.2. The third kappa shape index (κ3) is 1.72. The van der Waals surface area contributed by atoms with Crippen LogP contribution in [-0.4, -0.2) is 10.7 Å². The number of aliphatic hydroxyl groups is 1. The molecule has 0 radical (unpaired) electrons. The van der Waals surface area contributed by atoms with Gasteiger partial charge in [0, 0.05) is 0 Å². The van der Waals surface area contributed by atoms with Crippen LogP contribution in [0.3, 0.4) is 0 Å². The van der Waals surface area contributed by atoms with Gasteiger partial charge in [0.25, 0.3) is 0 Å². The van der Waals surface area contributed by atoms with Gasteiger partial charge in [-0.3, -0.25) is 0 Å². The summed E-state index contributed by atoms with van der Waals surface area (Å²) in [6.45, 7) is 2.18. The molecule has 1 fully saturated rings. The maximum atomic E-state index is 11.2. The van der Waals surface area contributed by atoms with E-state index < -0.39 is 11.0 Å². The van der Waals surface area contributed by atoms with Crippen molar-refractivity contribution in [3.8, 4) is 6.07 Å². The van der Waals surface area contributed by atoms with E-state index in [0.29, 0.717) is 5.92 Å². The zero-order valence-electron chi connectivity index (χ0n) is 11.5. The first-order valence-electron chi connectivity index (χ1n) is 7.33. The monoisotopic (exact) mass is 255 g/mol. The van der Waals surface area contributed by atoms with Crippen molar-refractivity contribution >= 4 is 0 Å². The van der Waals surface area contributed by atoms with E-state index >= 15 is 0 Å². The highest BCUT2D eigenvalue weighted by Gasteiger charge is 2.55. The molecule has 3 rings (SSSR count). The standard InChI is InChI=1S/C17H21NO/c1-13-8-10-17(19,11-13)16(12-18)9-4-6-14-5-2-3-7-15(14)16/h2-3,5,7,13,19H,4,6,8-11H2,1H3. The number of nitriles is 1. The van der Waals surface area contributed by atoms with Crippen molar-refractivity contribution in [3.05, 3.63) is 35.4 Å². The Morgan fingerprint density at radius 1 is 1.32 bits per heavy atom. The van der Waals surface area contributed by atoms with Crippen LogP contribution in [0.4, 0.5) is 0 Å². The van der Waals surface area contributed by atoms with Gasteiger partial charge in [0.05, 0.1) is 11.7 Å². The zero-order chi connectivity index (χ0) is 13.5. The third-order valence-electron chi connectivity index (χ3n) is 5.20. The topological polar surface area (TPSA) is 44.0 Å². The van der Waals surface area contributed by atoms with E-state index in [2.05, 4.69) is 25.1 Å². The van der Waals surface area contributed by atoms with Gasteiger partial charge in [-0.1, -0.05) is 31.2 Å². The summed E-state index contributed by atoms with van der Waals surface area (Å²) in [6, 6.07) is 10.7. The van der Waals surface area contributed by atoms with Gasteiger partial charge >= 0.3 is 0 Å². The van der Waals surface area contributed by atoms with Crippen LogP contribution in [-0.2, 0) is 11.8 Å². The Morgan fingerprint density at radius 3 is 2.79 bits per heavy atom. The molecule has 2 aliphatic rings. The van der Waals surface area contributed by atoms with Crippen LogP contribution in [0.2, 0.25) is 0 Å². The first kappa shape index (κ1) is 12.7. The number of hydrogen-bond donors (Lipinski definition) is 1. The summed E-state index contributed by atoms with van der Waals surface area (Å²) in [5.74, 6) is 0.518. The second kappa shape index (κ2) is 4.35. The maximum Gasteiger partial charge on any atom is 0.111 e. The fraction of sp³-hybridized carbons (Fsp3) is 0.588. The molecule has 2 aliphatic carbocycles.